The van der Waals surface area contributed by atoms with Crippen LogP contribution in [0.4, 0.5) is 0 Å². The van der Waals surface area contributed by atoms with E-state index in [1.165, 1.54) is 12.5 Å². The summed E-state index contributed by atoms with van der Waals surface area (Å²) in [5.41, 5.74) is 1.02. The Morgan fingerprint density at radius 2 is 2.19 bits per heavy atom. The predicted octanol–water partition coefficient (Wildman–Crippen LogP) is 1.96. The van der Waals surface area contributed by atoms with E-state index in [0.29, 0.717) is 21.7 Å². The quantitative estimate of drug-likeness (QED) is 0.816. The van der Waals surface area contributed by atoms with Gasteiger partial charge in [0.15, 0.2) is 0 Å². The SMILES string of the molecule is N#Cc1ccc(Cl)c(-c2cnc[nH]c2=O)c1. The minimum Gasteiger partial charge on any atom is -0.313 e. The monoisotopic (exact) mass is 231 g/mol. The zero-order valence-electron chi connectivity index (χ0n) is 8.07. The van der Waals surface area contributed by atoms with Crippen molar-refractivity contribution in [3.63, 3.8) is 0 Å². The number of hydrogen-bond donors (Lipinski definition) is 1. The molecule has 1 aromatic carbocycles. The van der Waals surface area contributed by atoms with Crippen molar-refractivity contribution in [3.05, 3.63) is 51.7 Å². The normalized spacial score (nSPS) is 9.75. The van der Waals surface area contributed by atoms with E-state index in [9.17, 15) is 4.79 Å². The smallest absolute Gasteiger partial charge is 0.258 e. The molecule has 78 valence electrons. The summed E-state index contributed by atoms with van der Waals surface area (Å²) in [7, 11) is 0. The van der Waals surface area contributed by atoms with Crippen molar-refractivity contribution >= 4 is 11.6 Å². The van der Waals surface area contributed by atoms with E-state index in [2.05, 4.69) is 9.97 Å². The van der Waals surface area contributed by atoms with E-state index in [0.717, 1.165) is 0 Å². The number of benzene rings is 1. The summed E-state index contributed by atoms with van der Waals surface area (Å²) in [5.74, 6) is 0. The Hall–Kier alpha value is -2.12. The maximum atomic E-state index is 11.5. The highest BCUT2D eigenvalue weighted by Crippen LogP contribution is 2.25. The lowest BCUT2D eigenvalue weighted by Gasteiger charge is -2.02. The van der Waals surface area contributed by atoms with Crippen molar-refractivity contribution < 1.29 is 0 Å². The lowest BCUT2D eigenvalue weighted by molar-refractivity contribution is 1.12. The standard InChI is InChI=1S/C11H6ClN3O/c12-10-2-1-7(4-13)3-8(10)9-5-14-6-15-11(9)16/h1-3,5-6H,(H,14,15,16). The molecule has 0 radical (unpaired) electrons. The molecule has 0 saturated heterocycles. The number of aromatic nitrogens is 2. The van der Waals surface area contributed by atoms with E-state index in [-0.39, 0.29) is 5.56 Å². The summed E-state index contributed by atoms with van der Waals surface area (Å²) < 4.78 is 0. The lowest BCUT2D eigenvalue weighted by Crippen LogP contribution is -2.08. The zero-order valence-corrected chi connectivity index (χ0v) is 8.82. The molecule has 0 aliphatic rings. The molecular weight excluding hydrogens is 226 g/mol. The van der Waals surface area contributed by atoms with Gasteiger partial charge >= 0.3 is 0 Å². The van der Waals surface area contributed by atoms with Crippen LogP contribution in [0.1, 0.15) is 5.56 Å². The number of rotatable bonds is 1. The third kappa shape index (κ3) is 1.81. The van der Waals surface area contributed by atoms with Gasteiger partial charge in [-0.15, -0.1) is 0 Å². The van der Waals surface area contributed by atoms with Crippen LogP contribution >= 0.6 is 11.6 Å². The average Bonchev–Trinajstić information content (AvgIpc) is 2.31. The van der Waals surface area contributed by atoms with Crippen LogP contribution in [0.3, 0.4) is 0 Å². The Kier molecular flexibility index (Phi) is 2.71. The molecular formula is C11H6ClN3O. The van der Waals surface area contributed by atoms with Gasteiger partial charge in [0.25, 0.3) is 5.56 Å². The van der Waals surface area contributed by atoms with E-state index in [4.69, 9.17) is 16.9 Å². The molecule has 0 aliphatic carbocycles. The molecule has 16 heavy (non-hydrogen) atoms. The molecule has 0 spiro atoms. The van der Waals surface area contributed by atoms with Gasteiger partial charge in [-0.05, 0) is 18.2 Å². The van der Waals surface area contributed by atoms with Crippen LogP contribution in [-0.4, -0.2) is 9.97 Å². The first-order valence-corrected chi connectivity index (χ1v) is 4.83. The highest BCUT2D eigenvalue weighted by molar-refractivity contribution is 6.33. The molecule has 0 bridgehead atoms. The first-order chi connectivity index (χ1) is 7.72. The molecule has 2 aromatic rings. The average molecular weight is 232 g/mol. The minimum atomic E-state index is -0.285. The largest absolute Gasteiger partial charge is 0.313 e. The molecule has 0 aliphatic heterocycles. The summed E-state index contributed by atoms with van der Waals surface area (Å²) in [6.07, 6.45) is 2.72. The number of hydrogen-bond acceptors (Lipinski definition) is 3. The Morgan fingerprint density at radius 3 is 2.88 bits per heavy atom. The summed E-state index contributed by atoms with van der Waals surface area (Å²) in [5, 5.41) is 9.19. The van der Waals surface area contributed by atoms with Crippen molar-refractivity contribution in [2.24, 2.45) is 0 Å². The van der Waals surface area contributed by atoms with E-state index in [1.807, 2.05) is 6.07 Å². The maximum Gasteiger partial charge on any atom is 0.258 e. The van der Waals surface area contributed by atoms with E-state index >= 15 is 0 Å². The van der Waals surface area contributed by atoms with Crippen molar-refractivity contribution in [2.45, 2.75) is 0 Å². The van der Waals surface area contributed by atoms with Gasteiger partial charge in [-0.1, -0.05) is 11.6 Å². The molecule has 0 saturated carbocycles. The molecule has 0 unspecified atom stereocenters. The molecule has 0 amide bonds. The molecule has 5 heteroatoms. The minimum absolute atomic E-state index is 0.285. The lowest BCUT2D eigenvalue weighted by atomic mass is 10.1. The van der Waals surface area contributed by atoms with Crippen molar-refractivity contribution in [1.82, 2.24) is 9.97 Å². The van der Waals surface area contributed by atoms with Gasteiger partial charge < -0.3 is 4.98 Å². The van der Waals surface area contributed by atoms with Gasteiger partial charge in [0.05, 0.1) is 23.5 Å². The second-order valence-electron chi connectivity index (χ2n) is 3.10. The van der Waals surface area contributed by atoms with Gasteiger partial charge in [-0.25, -0.2) is 4.98 Å². The number of nitrogens with zero attached hydrogens (tertiary/aromatic N) is 2. The molecule has 1 heterocycles. The summed E-state index contributed by atoms with van der Waals surface area (Å²) in [4.78, 5) is 17.8. The van der Waals surface area contributed by atoms with Gasteiger partial charge in [-0.3, -0.25) is 4.79 Å². The summed E-state index contributed by atoms with van der Waals surface area (Å²) >= 11 is 5.97. The number of nitriles is 1. The van der Waals surface area contributed by atoms with Gasteiger partial charge in [0.2, 0.25) is 0 Å². The first-order valence-electron chi connectivity index (χ1n) is 4.45. The molecule has 2 rings (SSSR count). The second-order valence-corrected chi connectivity index (χ2v) is 3.51. The second kappa shape index (κ2) is 4.17. The Labute approximate surface area is 96.2 Å². The van der Waals surface area contributed by atoms with Crippen LogP contribution in [0.2, 0.25) is 5.02 Å². The first kappa shape index (κ1) is 10.4. The highest BCUT2D eigenvalue weighted by Gasteiger charge is 2.08. The van der Waals surface area contributed by atoms with Crippen LogP contribution in [0.15, 0.2) is 35.5 Å². The Bertz CT molecular complexity index is 628. The predicted molar refractivity (Wildman–Crippen MR) is 60.0 cm³/mol. The molecule has 1 N–H and O–H groups in total. The molecule has 1 aromatic heterocycles. The van der Waals surface area contributed by atoms with Gasteiger partial charge in [-0.2, -0.15) is 5.26 Å². The highest BCUT2D eigenvalue weighted by atomic mass is 35.5. The van der Waals surface area contributed by atoms with Gasteiger partial charge in [0, 0.05) is 16.8 Å². The fourth-order valence-corrected chi connectivity index (χ4v) is 1.56. The maximum absolute atomic E-state index is 11.5. The fourth-order valence-electron chi connectivity index (χ4n) is 1.34. The zero-order chi connectivity index (χ0) is 11.5. The van der Waals surface area contributed by atoms with Gasteiger partial charge in [0.1, 0.15) is 0 Å². The third-order valence-corrected chi connectivity index (χ3v) is 2.43. The van der Waals surface area contributed by atoms with Crippen molar-refractivity contribution in [3.8, 4) is 17.2 Å². The topological polar surface area (TPSA) is 69.5 Å². The molecule has 0 fully saturated rings. The Morgan fingerprint density at radius 1 is 1.38 bits per heavy atom. The van der Waals surface area contributed by atoms with Crippen molar-refractivity contribution in [1.29, 1.82) is 5.26 Å². The number of H-pyrrole nitrogens is 1. The fraction of sp³-hybridized carbons (Fsp3) is 0. The number of aromatic amines is 1. The summed E-state index contributed by atoms with van der Waals surface area (Å²) in [6.45, 7) is 0. The van der Waals surface area contributed by atoms with Crippen LogP contribution < -0.4 is 5.56 Å². The molecule has 4 nitrogen and oxygen atoms in total. The molecule has 0 atom stereocenters. The van der Waals surface area contributed by atoms with Crippen LogP contribution in [0.5, 0.6) is 0 Å². The number of nitrogens with one attached hydrogen (secondary N) is 1. The number of halogens is 1. The van der Waals surface area contributed by atoms with Crippen LogP contribution in [0, 0.1) is 11.3 Å². The van der Waals surface area contributed by atoms with E-state index in [1.54, 1.807) is 18.2 Å². The van der Waals surface area contributed by atoms with Crippen LogP contribution in [-0.2, 0) is 0 Å². The van der Waals surface area contributed by atoms with Crippen LogP contribution in [0.25, 0.3) is 11.1 Å². The van der Waals surface area contributed by atoms with E-state index < -0.39 is 0 Å². The van der Waals surface area contributed by atoms with Crippen molar-refractivity contribution in [2.75, 3.05) is 0 Å². The summed E-state index contributed by atoms with van der Waals surface area (Å²) in [6, 6.07) is 6.74. The Balaban J connectivity index is 2.70. The third-order valence-electron chi connectivity index (χ3n) is 2.10.